The minimum absolute atomic E-state index is 0.00317. The van der Waals surface area contributed by atoms with E-state index in [1.54, 1.807) is 32.3 Å². The molecule has 0 aromatic heterocycles. The highest BCUT2D eigenvalue weighted by Crippen LogP contribution is 2.23. The van der Waals surface area contributed by atoms with Gasteiger partial charge in [0.15, 0.2) is 5.78 Å². The highest BCUT2D eigenvalue weighted by atomic mass is 16.2. The monoisotopic (exact) mass is 378 g/mol. The predicted octanol–water partition coefficient (Wildman–Crippen LogP) is 3.16. The zero-order valence-electron chi connectivity index (χ0n) is 16.5. The van der Waals surface area contributed by atoms with Crippen molar-refractivity contribution >= 4 is 17.6 Å². The second kappa shape index (κ2) is 8.83. The Morgan fingerprint density at radius 3 is 2.50 bits per heavy atom. The van der Waals surface area contributed by atoms with Crippen molar-refractivity contribution in [2.75, 3.05) is 14.1 Å². The van der Waals surface area contributed by atoms with Crippen LogP contribution in [-0.2, 0) is 24.2 Å². The number of Topliss-reactive ketones (excluding diaryl/α,β-unsaturated/α-hetero) is 1. The average Bonchev–Trinajstić information content (AvgIpc) is 3.17. The molecule has 0 heterocycles. The summed E-state index contributed by atoms with van der Waals surface area (Å²) in [6.07, 6.45) is 3.63. The molecule has 0 aliphatic heterocycles. The standard InChI is InChI=1S/C23H26N2O3/c1-25(2)23(28)20-8-3-5-16(13-20)15-24-22(27)12-11-21(26)19-10-9-17-6-4-7-18(17)14-19/h3,5,8-10,13-14H,4,6-7,11-12,15H2,1-2H3,(H,24,27). The third kappa shape index (κ3) is 4.85. The van der Waals surface area contributed by atoms with E-state index < -0.39 is 0 Å². The Hall–Kier alpha value is -2.95. The number of nitrogens with zero attached hydrogens (tertiary/aromatic N) is 1. The maximum Gasteiger partial charge on any atom is 0.253 e. The largest absolute Gasteiger partial charge is 0.352 e. The lowest BCUT2D eigenvalue weighted by Gasteiger charge is -2.11. The van der Waals surface area contributed by atoms with Gasteiger partial charge in [0.2, 0.25) is 5.91 Å². The number of amides is 2. The van der Waals surface area contributed by atoms with Gasteiger partial charge in [-0.1, -0.05) is 24.3 Å². The van der Waals surface area contributed by atoms with Gasteiger partial charge in [0.05, 0.1) is 0 Å². The van der Waals surface area contributed by atoms with Crippen LogP contribution in [-0.4, -0.2) is 36.6 Å². The van der Waals surface area contributed by atoms with Gasteiger partial charge in [-0.3, -0.25) is 14.4 Å². The fraction of sp³-hybridized carbons (Fsp3) is 0.348. The molecule has 2 aromatic rings. The molecule has 0 spiro atoms. The first kappa shape index (κ1) is 19.8. The lowest BCUT2D eigenvalue weighted by atomic mass is 10.0. The lowest BCUT2D eigenvalue weighted by molar-refractivity contribution is -0.121. The second-order valence-corrected chi connectivity index (χ2v) is 7.44. The Bertz CT molecular complexity index is 902. The summed E-state index contributed by atoms with van der Waals surface area (Å²) in [4.78, 5) is 38.0. The Labute approximate surface area is 165 Å². The van der Waals surface area contributed by atoms with Crippen LogP contribution in [0.1, 0.15) is 56.7 Å². The van der Waals surface area contributed by atoms with Crippen LogP contribution in [0.3, 0.4) is 0 Å². The van der Waals surface area contributed by atoms with E-state index in [-0.39, 0.29) is 30.4 Å². The minimum Gasteiger partial charge on any atom is -0.352 e. The number of fused-ring (bicyclic) bond motifs is 1. The summed E-state index contributed by atoms with van der Waals surface area (Å²) in [6, 6.07) is 13.1. The smallest absolute Gasteiger partial charge is 0.253 e. The minimum atomic E-state index is -0.168. The SMILES string of the molecule is CN(C)C(=O)c1cccc(CNC(=O)CCC(=O)c2ccc3c(c2)CCC3)c1. The van der Waals surface area contributed by atoms with Crippen LogP contribution in [0.2, 0.25) is 0 Å². The average molecular weight is 378 g/mol. The molecule has 1 aliphatic carbocycles. The number of nitrogens with one attached hydrogen (secondary N) is 1. The van der Waals surface area contributed by atoms with E-state index in [9.17, 15) is 14.4 Å². The Morgan fingerprint density at radius 1 is 0.929 bits per heavy atom. The van der Waals surface area contributed by atoms with Crippen LogP contribution in [0, 0.1) is 0 Å². The highest BCUT2D eigenvalue weighted by Gasteiger charge is 2.15. The fourth-order valence-electron chi connectivity index (χ4n) is 3.48. The van der Waals surface area contributed by atoms with Crippen molar-refractivity contribution in [3.8, 4) is 0 Å². The van der Waals surface area contributed by atoms with Crippen molar-refractivity contribution in [1.29, 1.82) is 0 Å². The molecule has 1 aliphatic rings. The summed E-state index contributed by atoms with van der Waals surface area (Å²) in [5.74, 6) is -0.240. The van der Waals surface area contributed by atoms with E-state index in [1.165, 1.54) is 16.0 Å². The third-order valence-corrected chi connectivity index (χ3v) is 5.07. The van der Waals surface area contributed by atoms with Crippen LogP contribution in [0.15, 0.2) is 42.5 Å². The molecule has 3 rings (SSSR count). The molecule has 146 valence electrons. The fourth-order valence-corrected chi connectivity index (χ4v) is 3.48. The Morgan fingerprint density at radius 2 is 1.71 bits per heavy atom. The van der Waals surface area contributed by atoms with Gasteiger partial charge < -0.3 is 10.2 Å². The van der Waals surface area contributed by atoms with Gasteiger partial charge in [-0.05, 0) is 54.2 Å². The highest BCUT2D eigenvalue weighted by molar-refractivity contribution is 5.98. The molecule has 0 saturated heterocycles. The summed E-state index contributed by atoms with van der Waals surface area (Å²) >= 11 is 0. The molecule has 0 radical (unpaired) electrons. The molecule has 1 N–H and O–H groups in total. The maximum atomic E-state index is 12.4. The summed E-state index contributed by atoms with van der Waals surface area (Å²) in [6.45, 7) is 0.334. The quantitative estimate of drug-likeness (QED) is 0.753. The van der Waals surface area contributed by atoms with Crippen LogP contribution in [0.4, 0.5) is 0 Å². The van der Waals surface area contributed by atoms with Crippen molar-refractivity contribution in [2.24, 2.45) is 0 Å². The van der Waals surface area contributed by atoms with Gasteiger partial charge in [0, 0.05) is 44.6 Å². The summed E-state index contributed by atoms with van der Waals surface area (Å²) in [7, 11) is 3.41. The van der Waals surface area contributed by atoms with E-state index in [2.05, 4.69) is 5.32 Å². The normalized spacial score (nSPS) is 12.4. The first-order chi connectivity index (χ1) is 13.4. The third-order valence-electron chi connectivity index (χ3n) is 5.07. The van der Waals surface area contributed by atoms with E-state index in [0.29, 0.717) is 17.7 Å². The summed E-state index contributed by atoms with van der Waals surface area (Å²) in [5.41, 5.74) is 4.74. The first-order valence-corrected chi connectivity index (χ1v) is 9.66. The van der Waals surface area contributed by atoms with E-state index >= 15 is 0 Å². The van der Waals surface area contributed by atoms with Crippen LogP contribution in [0.5, 0.6) is 0 Å². The molecule has 0 saturated carbocycles. The first-order valence-electron chi connectivity index (χ1n) is 9.66. The molecule has 0 bridgehead atoms. The molecular weight excluding hydrogens is 352 g/mol. The number of ketones is 1. The van der Waals surface area contributed by atoms with Crippen molar-refractivity contribution in [3.05, 3.63) is 70.3 Å². The second-order valence-electron chi connectivity index (χ2n) is 7.44. The van der Waals surface area contributed by atoms with Crippen molar-refractivity contribution in [1.82, 2.24) is 10.2 Å². The number of rotatable bonds is 7. The van der Waals surface area contributed by atoms with Crippen LogP contribution in [0.25, 0.3) is 0 Å². The molecule has 28 heavy (non-hydrogen) atoms. The van der Waals surface area contributed by atoms with Crippen molar-refractivity contribution in [2.45, 2.75) is 38.6 Å². The van der Waals surface area contributed by atoms with Crippen molar-refractivity contribution < 1.29 is 14.4 Å². The molecule has 5 nitrogen and oxygen atoms in total. The van der Waals surface area contributed by atoms with E-state index in [4.69, 9.17) is 0 Å². The Balaban J connectivity index is 1.49. The Kier molecular flexibility index (Phi) is 6.24. The molecule has 2 aromatic carbocycles. The van der Waals surface area contributed by atoms with Gasteiger partial charge in [-0.25, -0.2) is 0 Å². The number of benzene rings is 2. The maximum absolute atomic E-state index is 12.4. The lowest BCUT2D eigenvalue weighted by Crippen LogP contribution is -2.24. The topological polar surface area (TPSA) is 66.5 Å². The van der Waals surface area contributed by atoms with Gasteiger partial charge >= 0.3 is 0 Å². The molecular formula is C23H26N2O3. The van der Waals surface area contributed by atoms with Crippen LogP contribution < -0.4 is 5.32 Å². The number of hydrogen-bond acceptors (Lipinski definition) is 3. The number of carbonyl (C=O) groups is 3. The van der Waals surface area contributed by atoms with Gasteiger partial charge in [0.1, 0.15) is 0 Å². The van der Waals surface area contributed by atoms with E-state index in [1.807, 2.05) is 24.3 Å². The molecule has 5 heteroatoms. The number of aryl methyl sites for hydroxylation is 2. The number of hydrogen-bond donors (Lipinski definition) is 1. The predicted molar refractivity (Wildman–Crippen MR) is 108 cm³/mol. The summed E-state index contributed by atoms with van der Waals surface area (Å²) < 4.78 is 0. The van der Waals surface area contributed by atoms with Crippen molar-refractivity contribution in [3.63, 3.8) is 0 Å². The van der Waals surface area contributed by atoms with Gasteiger partial charge in [-0.15, -0.1) is 0 Å². The zero-order chi connectivity index (χ0) is 20.1. The molecule has 0 fully saturated rings. The van der Waals surface area contributed by atoms with Crippen LogP contribution >= 0.6 is 0 Å². The van der Waals surface area contributed by atoms with Gasteiger partial charge in [0.25, 0.3) is 5.91 Å². The van der Waals surface area contributed by atoms with E-state index in [0.717, 1.165) is 24.8 Å². The molecule has 0 unspecified atom stereocenters. The molecule has 2 amide bonds. The molecule has 0 atom stereocenters. The van der Waals surface area contributed by atoms with Gasteiger partial charge in [-0.2, -0.15) is 0 Å². The number of carbonyl (C=O) groups excluding carboxylic acids is 3. The summed E-state index contributed by atoms with van der Waals surface area (Å²) in [5, 5.41) is 2.83. The zero-order valence-corrected chi connectivity index (χ0v) is 16.5.